The number of anilines is 1. The Morgan fingerprint density at radius 1 is 1.05 bits per heavy atom. The average molecular weight is 269 g/mol. The Labute approximate surface area is 121 Å². The molecule has 0 saturated heterocycles. The molecule has 0 aromatic heterocycles. The average Bonchev–Trinajstić information content (AvgIpc) is 2.44. The minimum Gasteiger partial charge on any atom is -0.492 e. The summed E-state index contributed by atoms with van der Waals surface area (Å²) in [6.45, 7) is 8.04. The molecule has 20 heavy (non-hydrogen) atoms. The first-order chi connectivity index (χ1) is 9.66. The lowest BCUT2D eigenvalue weighted by molar-refractivity contribution is 0.332. The molecule has 0 atom stereocenters. The fourth-order valence-electron chi connectivity index (χ4n) is 2.31. The Kier molecular flexibility index (Phi) is 5.05. The van der Waals surface area contributed by atoms with Crippen molar-refractivity contribution in [1.29, 1.82) is 0 Å². The summed E-state index contributed by atoms with van der Waals surface area (Å²) in [6, 6.07) is 16.5. The lowest BCUT2D eigenvalue weighted by Gasteiger charge is -2.13. The number of para-hydroxylation sites is 1. The van der Waals surface area contributed by atoms with E-state index in [1.807, 2.05) is 18.2 Å². The molecule has 0 spiro atoms. The Balaban J connectivity index is 1.81. The van der Waals surface area contributed by atoms with Gasteiger partial charge in [0.05, 0.1) is 0 Å². The molecule has 0 aliphatic carbocycles. The topological polar surface area (TPSA) is 21.3 Å². The van der Waals surface area contributed by atoms with Crippen LogP contribution in [-0.4, -0.2) is 13.2 Å². The van der Waals surface area contributed by atoms with Crippen LogP contribution < -0.4 is 10.1 Å². The standard InChI is InChI=1S/C18H23NO/c1-14(2)18-10-9-17(13-15(18)3)20-12-11-19-16-7-5-4-6-8-16/h4-10,13-14,19H,11-12H2,1-3H3. The third-order valence-electron chi connectivity index (χ3n) is 3.34. The van der Waals surface area contributed by atoms with Crippen molar-refractivity contribution in [3.8, 4) is 5.75 Å². The zero-order valence-corrected chi connectivity index (χ0v) is 12.5. The van der Waals surface area contributed by atoms with Crippen LogP contribution in [0.5, 0.6) is 5.75 Å². The molecule has 106 valence electrons. The maximum Gasteiger partial charge on any atom is 0.119 e. The van der Waals surface area contributed by atoms with Crippen LogP contribution in [0.15, 0.2) is 48.5 Å². The second kappa shape index (κ2) is 6.99. The van der Waals surface area contributed by atoms with E-state index >= 15 is 0 Å². The van der Waals surface area contributed by atoms with Gasteiger partial charge in [0.15, 0.2) is 0 Å². The van der Waals surface area contributed by atoms with E-state index in [0.29, 0.717) is 12.5 Å². The fourth-order valence-corrected chi connectivity index (χ4v) is 2.31. The predicted molar refractivity (Wildman–Crippen MR) is 85.7 cm³/mol. The van der Waals surface area contributed by atoms with Crippen LogP contribution in [0.4, 0.5) is 5.69 Å². The van der Waals surface area contributed by atoms with Crippen LogP contribution in [0.1, 0.15) is 30.9 Å². The van der Waals surface area contributed by atoms with Gasteiger partial charge in [-0.2, -0.15) is 0 Å². The van der Waals surface area contributed by atoms with Crippen molar-refractivity contribution in [2.75, 3.05) is 18.5 Å². The summed E-state index contributed by atoms with van der Waals surface area (Å²) in [4.78, 5) is 0. The molecule has 0 aliphatic rings. The molecule has 2 nitrogen and oxygen atoms in total. The third kappa shape index (κ3) is 4.02. The normalized spacial score (nSPS) is 10.6. The van der Waals surface area contributed by atoms with E-state index in [9.17, 15) is 0 Å². The number of hydrogen-bond acceptors (Lipinski definition) is 2. The van der Waals surface area contributed by atoms with Crippen molar-refractivity contribution in [1.82, 2.24) is 0 Å². The molecule has 0 unspecified atom stereocenters. The first kappa shape index (κ1) is 14.4. The molecule has 0 radical (unpaired) electrons. The van der Waals surface area contributed by atoms with Crippen LogP contribution in [0.2, 0.25) is 0 Å². The van der Waals surface area contributed by atoms with Gasteiger partial charge in [0.1, 0.15) is 12.4 Å². The molecule has 0 aliphatic heterocycles. The van der Waals surface area contributed by atoms with E-state index in [-0.39, 0.29) is 0 Å². The first-order valence-electron chi connectivity index (χ1n) is 7.19. The Hall–Kier alpha value is -1.96. The summed E-state index contributed by atoms with van der Waals surface area (Å²) in [7, 11) is 0. The van der Waals surface area contributed by atoms with Crippen LogP contribution in [0.3, 0.4) is 0 Å². The second-order valence-corrected chi connectivity index (χ2v) is 5.31. The van der Waals surface area contributed by atoms with Crippen molar-refractivity contribution < 1.29 is 4.74 Å². The molecule has 0 saturated carbocycles. The number of aryl methyl sites for hydroxylation is 1. The summed E-state index contributed by atoms with van der Waals surface area (Å²) >= 11 is 0. The maximum atomic E-state index is 5.78. The quantitative estimate of drug-likeness (QED) is 0.773. The van der Waals surface area contributed by atoms with Crippen molar-refractivity contribution in [3.63, 3.8) is 0 Å². The van der Waals surface area contributed by atoms with Crippen LogP contribution in [-0.2, 0) is 0 Å². The van der Waals surface area contributed by atoms with Gasteiger partial charge in [-0.1, -0.05) is 38.1 Å². The monoisotopic (exact) mass is 269 g/mol. The molecule has 0 fully saturated rings. The van der Waals surface area contributed by atoms with E-state index in [2.05, 4.69) is 56.4 Å². The molecule has 1 N–H and O–H groups in total. The number of benzene rings is 2. The molecule has 2 rings (SSSR count). The van der Waals surface area contributed by atoms with Crippen molar-refractivity contribution >= 4 is 5.69 Å². The molecule has 2 heteroatoms. The van der Waals surface area contributed by atoms with E-state index in [1.165, 1.54) is 11.1 Å². The zero-order chi connectivity index (χ0) is 14.4. The number of hydrogen-bond donors (Lipinski definition) is 1. The number of nitrogens with one attached hydrogen (secondary N) is 1. The van der Waals surface area contributed by atoms with Gasteiger partial charge in [-0.05, 0) is 48.2 Å². The summed E-state index contributed by atoms with van der Waals surface area (Å²) < 4.78 is 5.78. The van der Waals surface area contributed by atoms with E-state index in [4.69, 9.17) is 4.74 Å². The van der Waals surface area contributed by atoms with E-state index in [1.54, 1.807) is 0 Å². The minimum atomic E-state index is 0.559. The first-order valence-corrected chi connectivity index (χ1v) is 7.19. The van der Waals surface area contributed by atoms with Gasteiger partial charge in [0.25, 0.3) is 0 Å². The Morgan fingerprint density at radius 3 is 2.45 bits per heavy atom. The highest BCUT2D eigenvalue weighted by Gasteiger charge is 2.04. The molecular formula is C18H23NO. The van der Waals surface area contributed by atoms with Crippen molar-refractivity contribution in [2.24, 2.45) is 0 Å². The van der Waals surface area contributed by atoms with Gasteiger partial charge in [0, 0.05) is 12.2 Å². The lowest BCUT2D eigenvalue weighted by Crippen LogP contribution is -2.11. The summed E-state index contributed by atoms with van der Waals surface area (Å²) in [5, 5.41) is 3.33. The largest absolute Gasteiger partial charge is 0.492 e. The maximum absolute atomic E-state index is 5.78. The molecule has 0 amide bonds. The molecular weight excluding hydrogens is 246 g/mol. The lowest BCUT2D eigenvalue weighted by atomic mass is 9.98. The zero-order valence-electron chi connectivity index (χ0n) is 12.5. The molecule has 0 bridgehead atoms. The molecule has 2 aromatic carbocycles. The van der Waals surface area contributed by atoms with E-state index in [0.717, 1.165) is 18.0 Å². The fraction of sp³-hybridized carbons (Fsp3) is 0.333. The van der Waals surface area contributed by atoms with Gasteiger partial charge in [0.2, 0.25) is 0 Å². The highest BCUT2D eigenvalue weighted by molar-refractivity contribution is 5.42. The highest BCUT2D eigenvalue weighted by Crippen LogP contribution is 2.23. The third-order valence-corrected chi connectivity index (χ3v) is 3.34. The minimum absolute atomic E-state index is 0.559. The summed E-state index contributed by atoms with van der Waals surface area (Å²) in [5.74, 6) is 1.51. The highest BCUT2D eigenvalue weighted by atomic mass is 16.5. The summed E-state index contributed by atoms with van der Waals surface area (Å²) in [6.07, 6.45) is 0. The second-order valence-electron chi connectivity index (χ2n) is 5.31. The van der Waals surface area contributed by atoms with Crippen molar-refractivity contribution in [2.45, 2.75) is 26.7 Å². The SMILES string of the molecule is Cc1cc(OCCNc2ccccc2)ccc1C(C)C. The Bertz CT molecular complexity index is 534. The van der Waals surface area contributed by atoms with Gasteiger partial charge < -0.3 is 10.1 Å². The molecule has 2 aromatic rings. The van der Waals surface area contributed by atoms with Gasteiger partial charge in [-0.15, -0.1) is 0 Å². The van der Waals surface area contributed by atoms with Gasteiger partial charge in [-0.3, -0.25) is 0 Å². The Morgan fingerprint density at radius 2 is 1.80 bits per heavy atom. The van der Waals surface area contributed by atoms with Gasteiger partial charge in [-0.25, -0.2) is 0 Å². The summed E-state index contributed by atoms with van der Waals surface area (Å²) in [5.41, 5.74) is 3.82. The molecule has 0 heterocycles. The van der Waals surface area contributed by atoms with Crippen LogP contribution >= 0.6 is 0 Å². The van der Waals surface area contributed by atoms with E-state index < -0.39 is 0 Å². The van der Waals surface area contributed by atoms with Gasteiger partial charge >= 0.3 is 0 Å². The van der Waals surface area contributed by atoms with Crippen molar-refractivity contribution in [3.05, 3.63) is 59.7 Å². The number of rotatable bonds is 6. The van der Waals surface area contributed by atoms with Crippen LogP contribution in [0, 0.1) is 6.92 Å². The smallest absolute Gasteiger partial charge is 0.119 e. The number of ether oxygens (including phenoxy) is 1. The van der Waals surface area contributed by atoms with Crippen LogP contribution in [0.25, 0.3) is 0 Å². The predicted octanol–water partition coefficient (Wildman–Crippen LogP) is 4.61.